The third-order valence-electron chi connectivity index (χ3n) is 2.46. The zero-order valence-corrected chi connectivity index (χ0v) is 10.0. The van der Waals surface area contributed by atoms with E-state index in [1.807, 2.05) is 49.4 Å². The van der Waals surface area contributed by atoms with E-state index in [4.69, 9.17) is 0 Å². The molecular weight excluding hydrogens is 210 g/mol. The van der Waals surface area contributed by atoms with Crippen molar-refractivity contribution in [2.45, 2.75) is 13.8 Å². The summed E-state index contributed by atoms with van der Waals surface area (Å²) < 4.78 is 0. The molecule has 0 aliphatic carbocycles. The van der Waals surface area contributed by atoms with Gasteiger partial charge in [-0.3, -0.25) is 5.43 Å². The molecule has 0 aromatic heterocycles. The smallest absolute Gasteiger partial charge is 0.0903 e. The van der Waals surface area contributed by atoms with Gasteiger partial charge >= 0.3 is 0 Å². The van der Waals surface area contributed by atoms with Crippen LogP contribution in [0.15, 0.2) is 58.9 Å². The summed E-state index contributed by atoms with van der Waals surface area (Å²) in [4.78, 5) is 0. The van der Waals surface area contributed by atoms with E-state index in [1.165, 1.54) is 5.56 Å². The van der Waals surface area contributed by atoms with Gasteiger partial charge in [0, 0.05) is 0 Å². The van der Waals surface area contributed by atoms with Crippen LogP contribution in [0.1, 0.15) is 11.1 Å². The molecule has 0 atom stereocenters. The molecule has 0 heterocycles. The van der Waals surface area contributed by atoms with Crippen molar-refractivity contribution in [1.82, 2.24) is 0 Å². The lowest BCUT2D eigenvalue weighted by atomic mass is 10.1. The zero-order valence-electron chi connectivity index (χ0n) is 10.0. The summed E-state index contributed by atoms with van der Waals surface area (Å²) >= 11 is 0. The highest BCUT2D eigenvalue weighted by atomic mass is 15.4. The Balaban J connectivity index is 2.06. The first-order valence-electron chi connectivity index (χ1n) is 5.55. The first kappa shape index (κ1) is 11.3. The molecule has 2 rings (SSSR count). The summed E-state index contributed by atoms with van der Waals surface area (Å²) in [5.41, 5.74) is 7.07. The summed E-state index contributed by atoms with van der Waals surface area (Å²) in [6.45, 7) is 4.10. The number of nitrogens with one attached hydrogen (secondary N) is 1. The van der Waals surface area contributed by atoms with Crippen molar-refractivity contribution in [2.24, 2.45) is 10.3 Å². The maximum Gasteiger partial charge on any atom is 0.0903 e. The second-order valence-corrected chi connectivity index (χ2v) is 3.97. The fraction of sp³-hybridized carbons (Fsp3) is 0.143. The van der Waals surface area contributed by atoms with Gasteiger partial charge in [0.1, 0.15) is 0 Å². The number of anilines is 1. The largest absolute Gasteiger partial charge is 0.260 e. The van der Waals surface area contributed by atoms with Gasteiger partial charge in [-0.05, 0) is 37.6 Å². The van der Waals surface area contributed by atoms with E-state index < -0.39 is 0 Å². The number of rotatable bonds is 3. The molecule has 2 aromatic rings. The monoisotopic (exact) mass is 225 g/mol. The van der Waals surface area contributed by atoms with E-state index in [9.17, 15) is 0 Å². The predicted molar refractivity (Wildman–Crippen MR) is 70.5 cm³/mol. The highest BCUT2D eigenvalue weighted by Gasteiger charge is 1.95. The highest BCUT2D eigenvalue weighted by Crippen LogP contribution is 2.19. The molecule has 17 heavy (non-hydrogen) atoms. The van der Waals surface area contributed by atoms with Crippen LogP contribution in [0.3, 0.4) is 0 Å². The summed E-state index contributed by atoms with van der Waals surface area (Å²) in [6, 6.07) is 15.9. The van der Waals surface area contributed by atoms with Crippen LogP contribution in [0, 0.1) is 13.8 Å². The van der Waals surface area contributed by atoms with Gasteiger partial charge in [0.15, 0.2) is 0 Å². The van der Waals surface area contributed by atoms with E-state index in [1.54, 1.807) is 0 Å². The lowest BCUT2D eigenvalue weighted by Gasteiger charge is -2.01. The SMILES string of the molecule is Cc1ccc(N=NNc2ccccc2)c(C)c1. The fourth-order valence-electron chi connectivity index (χ4n) is 1.57. The number of hydrogen-bond acceptors (Lipinski definition) is 2. The first-order valence-corrected chi connectivity index (χ1v) is 5.55. The molecule has 0 spiro atoms. The minimum atomic E-state index is 0.888. The second kappa shape index (κ2) is 5.25. The van der Waals surface area contributed by atoms with E-state index in [0.29, 0.717) is 0 Å². The van der Waals surface area contributed by atoms with Crippen molar-refractivity contribution in [3.8, 4) is 0 Å². The summed E-state index contributed by atoms with van der Waals surface area (Å²) in [7, 11) is 0. The Kier molecular flexibility index (Phi) is 3.50. The van der Waals surface area contributed by atoms with Gasteiger partial charge in [-0.1, -0.05) is 41.1 Å². The first-order chi connectivity index (χ1) is 8.25. The average molecular weight is 225 g/mol. The Bertz CT molecular complexity index is 518. The van der Waals surface area contributed by atoms with Crippen molar-refractivity contribution in [2.75, 3.05) is 5.43 Å². The second-order valence-electron chi connectivity index (χ2n) is 3.97. The molecule has 0 saturated carbocycles. The summed E-state index contributed by atoms with van der Waals surface area (Å²) in [5.74, 6) is 0. The third kappa shape index (κ3) is 3.14. The molecule has 86 valence electrons. The lowest BCUT2D eigenvalue weighted by Crippen LogP contribution is -1.85. The maximum atomic E-state index is 4.16. The van der Waals surface area contributed by atoms with Gasteiger partial charge in [-0.15, -0.1) is 5.11 Å². The molecule has 3 nitrogen and oxygen atoms in total. The molecule has 0 unspecified atom stereocenters. The number of aryl methyl sites for hydroxylation is 2. The predicted octanol–water partition coefficient (Wildman–Crippen LogP) is 4.41. The summed E-state index contributed by atoms with van der Waals surface area (Å²) in [5, 5.41) is 8.13. The van der Waals surface area contributed by atoms with Gasteiger partial charge < -0.3 is 0 Å². The molecule has 0 aliphatic rings. The van der Waals surface area contributed by atoms with Crippen LogP contribution < -0.4 is 5.43 Å². The topological polar surface area (TPSA) is 36.8 Å². The standard InChI is InChI=1S/C14H15N3/c1-11-8-9-14(12(2)10-11)16-17-15-13-6-4-3-5-7-13/h3-10H,1-2H3,(H,15,16). The Hall–Kier alpha value is -2.16. The van der Waals surface area contributed by atoms with E-state index in [2.05, 4.69) is 28.8 Å². The van der Waals surface area contributed by atoms with Gasteiger partial charge in [0.05, 0.1) is 11.4 Å². The van der Waals surface area contributed by atoms with Crippen LogP contribution in [0.5, 0.6) is 0 Å². The molecule has 1 N–H and O–H groups in total. The quantitative estimate of drug-likeness (QED) is 0.609. The van der Waals surface area contributed by atoms with Crippen molar-refractivity contribution >= 4 is 11.4 Å². The Morgan fingerprint density at radius 1 is 0.941 bits per heavy atom. The van der Waals surface area contributed by atoms with E-state index in [-0.39, 0.29) is 0 Å². The molecule has 0 radical (unpaired) electrons. The minimum absolute atomic E-state index is 0.888. The normalized spacial score (nSPS) is 10.7. The molecule has 3 heteroatoms. The molecule has 0 saturated heterocycles. The maximum absolute atomic E-state index is 4.16. The van der Waals surface area contributed by atoms with Crippen LogP contribution in [0.25, 0.3) is 0 Å². The molecule has 0 aliphatic heterocycles. The number of nitrogens with zero attached hydrogens (tertiary/aromatic N) is 2. The fourth-order valence-corrected chi connectivity index (χ4v) is 1.57. The number of hydrogen-bond donors (Lipinski definition) is 1. The third-order valence-corrected chi connectivity index (χ3v) is 2.46. The van der Waals surface area contributed by atoms with E-state index >= 15 is 0 Å². The van der Waals surface area contributed by atoms with Crippen molar-refractivity contribution in [3.63, 3.8) is 0 Å². The minimum Gasteiger partial charge on any atom is -0.260 e. The van der Waals surface area contributed by atoms with Gasteiger partial charge in [-0.2, -0.15) is 0 Å². The Labute approximate surface area is 101 Å². The van der Waals surface area contributed by atoms with E-state index in [0.717, 1.165) is 16.9 Å². The Morgan fingerprint density at radius 3 is 2.41 bits per heavy atom. The zero-order chi connectivity index (χ0) is 12.1. The molecule has 2 aromatic carbocycles. The van der Waals surface area contributed by atoms with Crippen LogP contribution in [-0.4, -0.2) is 0 Å². The Morgan fingerprint density at radius 2 is 1.71 bits per heavy atom. The number of para-hydroxylation sites is 1. The summed E-state index contributed by atoms with van der Waals surface area (Å²) in [6.07, 6.45) is 0. The number of benzene rings is 2. The van der Waals surface area contributed by atoms with Crippen LogP contribution in [0.4, 0.5) is 11.4 Å². The van der Waals surface area contributed by atoms with Gasteiger partial charge in [0.2, 0.25) is 0 Å². The van der Waals surface area contributed by atoms with Crippen LogP contribution >= 0.6 is 0 Å². The molecule has 0 fully saturated rings. The van der Waals surface area contributed by atoms with Crippen LogP contribution in [0.2, 0.25) is 0 Å². The van der Waals surface area contributed by atoms with Crippen molar-refractivity contribution < 1.29 is 0 Å². The molecule has 0 bridgehead atoms. The molecular formula is C14H15N3. The highest BCUT2D eigenvalue weighted by molar-refractivity contribution is 5.47. The van der Waals surface area contributed by atoms with Gasteiger partial charge in [-0.25, -0.2) is 0 Å². The lowest BCUT2D eigenvalue weighted by molar-refractivity contribution is 1.12. The van der Waals surface area contributed by atoms with Gasteiger partial charge in [0.25, 0.3) is 0 Å². The average Bonchev–Trinajstić information content (AvgIpc) is 2.33. The van der Waals surface area contributed by atoms with Crippen molar-refractivity contribution in [1.29, 1.82) is 0 Å². The molecule has 0 amide bonds. The van der Waals surface area contributed by atoms with Crippen LogP contribution in [-0.2, 0) is 0 Å². The van der Waals surface area contributed by atoms with Crippen molar-refractivity contribution in [3.05, 3.63) is 59.7 Å².